The highest BCUT2D eigenvalue weighted by Crippen LogP contribution is 2.41. The van der Waals surface area contributed by atoms with Gasteiger partial charge in [0.1, 0.15) is 5.52 Å². The number of fused-ring (bicyclic) bond motifs is 1. The van der Waals surface area contributed by atoms with E-state index < -0.39 is 0 Å². The van der Waals surface area contributed by atoms with Crippen LogP contribution in [0, 0.1) is 0 Å². The zero-order chi connectivity index (χ0) is 15.6. The second-order valence-electron chi connectivity index (χ2n) is 4.99. The first-order chi connectivity index (χ1) is 11.3. The molecule has 0 aliphatic carbocycles. The summed E-state index contributed by atoms with van der Waals surface area (Å²) in [7, 11) is 0. The molecule has 23 heavy (non-hydrogen) atoms. The molecule has 0 fully saturated rings. The molecule has 1 heterocycles. The Morgan fingerprint density at radius 1 is 0.826 bits per heavy atom. The molecule has 4 aromatic rings. The molecule has 0 aliphatic heterocycles. The van der Waals surface area contributed by atoms with Crippen molar-refractivity contribution in [2.45, 2.75) is 14.7 Å². The Bertz CT molecular complexity index is 964. The zero-order valence-electron chi connectivity index (χ0n) is 12.0. The van der Waals surface area contributed by atoms with Crippen LogP contribution < -0.4 is 0 Å². The van der Waals surface area contributed by atoms with Gasteiger partial charge in [0.2, 0.25) is 0 Å². The summed E-state index contributed by atoms with van der Waals surface area (Å²) in [6, 6.07) is 22.8. The van der Waals surface area contributed by atoms with E-state index in [1.54, 1.807) is 11.8 Å². The Labute approximate surface area is 148 Å². The van der Waals surface area contributed by atoms with Crippen LogP contribution in [-0.4, -0.2) is 9.59 Å². The first-order valence-corrected chi connectivity index (χ1v) is 9.13. The average molecular weight is 353 g/mol. The van der Waals surface area contributed by atoms with Gasteiger partial charge in [-0.25, -0.2) is 0 Å². The number of hydrogen-bond acceptors (Lipinski definition) is 5. The molecule has 5 heteroatoms. The fourth-order valence-electron chi connectivity index (χ4n) is 2.48. The van der Waals surface area contributed by atoms with Crippen molar-refractivity contribution in [1.29, 1.82) is 0 Å². The van der Waals surface area contributed by atoms with Gasteiger partial charge in [0, 0.05) is 20.2 Å². The Hall–Kier alpha value is -1.82. The van der Waals surface area contributed by atoms with Crippen LogP contribution >= 0.6 is 35.9 Å². The smallest absolute Gasteiger partial charge is 0.119 e. The largest absolute Gasteiger partial charge is 0.143 e. The summed E-state index contributed by atoms with van der Waals surface area (Å²) in [6.07, 6.45) is 0. The van der Waals surface area contributed by atoms with Crippen LogP contribution in [0.1, 0.15) is 0 Å². The molecule has 0 atom stereocenters. The van der Waals surface area contributed by atoms with Crippen molar-refractivity contribution in [1.82, 2.24) is 9.59 Å². The van der Waals surface area contributed by atoms with Gasteiger partial charge in [-0.2, -0.15) is 0 Å². The fraction of sp³-hybridized carbons (Fsp3) is 0. The molecule has 0 radical (unpaired) electrons. The van der Waals surface area contributed by atoms with Gasteiger partial charge in [0.25, 0.3) is 0 Å². The Morgan fingerprint density at radius 3 is 2.48 bits per heavy atom. The van der Waals surface area contributed by atoms with Crippen LogP contribution in [0.2, 0.25) is 0 Å². The van der Waals surface area contributed by atoms with E-state index in [9.17, 15) is 0 Å². The number of hydrogen-bond donors (Lipinski definition) is 1. The van der Waals surface area contributed by atoms with Crippen molar-refractivity contribution < 1.29 is 0 Å². The van der Waals surface area contributed by atoms with E-state index in [0.717, 1.165) is 25.6 Å². The Morgan fingerprint density at radius 2 is 1.61 bits per heavy atom. The first kappa shape index (κ1) is 14.8. The number of benzene rings is 3. The molecule has 0 saturated heterocycles. The maximum absolute atomic E-state index is 4.67. The van der Waals surface area contributed by atoms with Gasteiger partial charge < -0.3 is 0 Å². The molecule has 0 aliphatic rings. The van der Waals surface area contributed by atoms with E-state index in [2.05, 4.69) is 70.7 Å². The number of thiol groups is 1. The molecule has 3 aromatic carbocycles. The van der Waals surface area contributed by atoms with Gasteiger partial charge in [0.05, 0.1) is 4.70 Å². The summed E-state index contributed by atoms with van der Waals surface area (Å²) in [6.45, 7) is 0. The topological polar surface area (TPSA) is 25.8 Å². The van der Waals surface area contributed by atoms with Crippen LogP contribution in [-0.2, 0) is 0 Å². The Balaban J connectivity index is 1.84. The molecule has 0 bridgehead atoms. The van der Waals surface area contributed by atoms with Crippen LogP contribution in [0.15, 0.2) is 81.4 Å². The third-order valence-corrected chi connectivity index (χ3v) is 5.70. The number of rotatable bonds is 3. The predicted molar refractivity (Wildman–Crippen MR) is 101 cm³/mol. The maximum Gasteiger partial charge on any atom is 0.119 e. The van der Waals surface area contributed by atoms with Gasteiger partial charge in [-0.3, -0.25) is 0 Å². The molecule has 0 saturated carbocycles. The van der Waals surface area contributed by atoms with E-state index in [-0.39, 0.29) is 0 Å². The fourth-order valence-corrected chi connectivity index (χ4v) is 4.65. The Kier molecular flexibility index (Phi) is 4.08. The summed E-state index contributed by atoms with van der Waals surface area (Å²) in [5, 5.41) is 4.27. The highest BCUT2D eigenvalue weighted by Gasteiger charge is 2.12. The number of nitrogens with zero attached hydrogens (tertiary/aromatic N) is 2. The lowest BCUT2D eigenvalue weighted by Gasteiger charge is -2.12. The second kappa shape index (κ2) is 6.35. The highest BCUT2D eigenvalue weighted by atomic mass is 32.2. The maximum atomic E-state index is 4.67. The average Bonchev–Trinajstić information content (AvgIpc) is 3.06. The lowest BCUT2D eigenvalue weighted by atomic mass is 10.1. The second-order valence-corrected chi connectivity index (χ2v) is 7.35. The van der Waals surface area contributed by atoms with Gasteiger partial charge in [-0.05, 0) is 41.4 Å². The van der Waals surface area contributed by atoms with Crippen molar-refractivity contribution >= 4 is 46.1 Å². The van der Waals surface area contributed by atoms with Gasteiger partial charge >= 0.3 is 0 Å². The van der Waals surface area contributed by atoms with Gasteiger partial charge in [0.15, 0.2) is 0 Å². The minimum atomic E-state index is 0.964. The van der Waals surface area contributed by atoms with Crippen LogP contribution in [0.25, 0.3) is 21.3 Å². The monoisotopic (exact) mass is 352 g/mol. The van der Waals surface area contributed by atoms with Crippen molar-refractivity contribution in [2.24, 2.45) is 0 Å². The van der Waals surface area contributed by atoms with Crippen LogP contribution in [0.5, 0.6) is 0 Å². The van der Waals surface area contributed by atoms with Crippen molar-refractivity contribution in [2.75, 3.05) is 0 Å². The van der Waals surface area contributed by atoms with E-state index >= 15 is 0 Å². The van der Waals surface area contributed by atoms with Crippen LogP contribution in [0.3, 0.4) is 0 Å². The molecular formula is C18H12N2S3. The lowest BCUT2D eigenvalue weighted by molar-refractivity contribution is 1.18. The summed E-state index contributed by atoms with van der Waals surface area (Å²) in [5.74, 6) is 0. The molecule has 0 spiro atoms. The minimum Gasteiger partial charge on any atom is -0.143 e. The van der Waals surface area contributed by atoms with Crippen LogP contribution in [0.4, 0.5) is 0 Å². The van der Waals surface area contributed by atoms with E-state index in [4.69, 9.17) is 0 Å². The lowest BCUT2D eigenvalue weighted by Crippen LogP contribution is -1.85. The molecule has 2 nitrogen and oxygen atoms in total. The molecule has 112 valence electrons. The molecule has 4 rings (SSSR count). The minimum absolute atomic E-state index is 0.964. The predicted octanol–water partition coefficient (Wildman–Crippen LogP) is 5.80. The highest BCUT2D eigenvalue weighted by molar-refractivity contribution is 7.99. The van der Waals surface area contributed by atoms with Gasteiger partial charge in [-0.1, -0.05) is 58.7 Å². The van der Waals surface area contributed by atoms with Crippen molar-refractivity contribution in [3.8, 4) is 11.1 Å². The number of aromatic nitrogens is 2. The normalized spacial score (nSPS) is 11.0. The summed E-state index contributed by atoms with van der Waals surface area (Å²) < 4.78 is 5.17. The van der Waals surface area contributed by atoms with Crippen molar-refractivity contribution in [3.05, 3.63) is 66.7 Å². The van der Waals surface area contributed by atoms with Crippen molar-refractivity contribution in [3.63, 3.8) is 0 Å². The SMILES string of the molecule is Sc1cccc(Sc2cccc3snnc23)c1-c1ccccc1. The summed E-state index contributed by atoms with van der Waals surface area (Å²) in [5.41, 5.74) is 3.29. The van der Waals surface area contributed by atoms with E-state index in [1.807, 2.05) is 18.2 Å². The summed E-state index contributed by atoms with van der Waals surface area (Å²) >= 11 is 7.81. The van der Waals surface area contributed by atoms with E-state index in [1.165, 1.54) is 22.0 Å². The zero-order valence-corrected chi connectivity index (χ0v) is 14.5. The third kappa shape index (κ3) is 2.87. The molecule has 0 unspecified atom stereocenters. The standard InChI is InChI=1S/C18H12N2S3/c21-13-8-4-9-14(17(13)12-6-2-1-3-7-12)22-15-10-5-11-16-18(15)19-20-23-16/h1-11,21H. The third-order valence-electron chi connectivity index (χ3n) is 3.53. The molecule has 1 aromatic heterocycles. The molecular weight excluding hydrogens is 340 g/mol. The quantitative estimate of drug-likeness (QED) is 0.472. The van der Waals surface area contributed by atoms with E-state index in [0.29, 0.717) is 0 Å². The summed E-state index contributed by atoms with van der Waals surface area (Å²) in [4.78, 5) is 3.27. The molecule has 0 amide bonds. The molecule has 0 N–H and O–H groups in total. The van der Waals surface area contributed by atoms with Gasteiger partial charge in [-0.15, -0.1) is 17.7 Å². The first-order valence-electron chi connectivity index (χ1n) is 7.09.